The second-order valence-electron chi connectivity index (χ2n) is 6.74. The van der Waals surface area contributed by atoms with Crippen molar-refractivity contribution in [3.05, 3.63) is 59.9 Å². The third-order valence-corrected chi connectivity index (χ3v) is 4.88. The van der Waals surface area contributed by atoms with Gasteiger partial charge in [0.25, 0.3) is 0 Å². The van der Waals surface area contributed by atoms with Crippen molar-refractivity contribution in [3.63, 3.8) is 0 Å². The molecule has 144 valence electrons. The average Bonchev–Trinajstić information content (AvgIpc) is 3.13. The first kappa shape index (κ1) is 19.2. The minimum Gasteiger partial charge on any atom is -0.491 e. The molecule has 1 fully saturated rings. The Morgan fingerprint density at radius 2 is 1.70 bits per heavy atom. The summed E-state index contributed by atoms with van der Waals surface area (Å²) >= 11 is 0. The number of carbonyl (C=O) groups is 1. The van der Waals surface area contributed by atoms with Gasteiger partial charge in [-0.2, -0.15) is 0 Å². The standard InChI is InChI=1S/C21H25FN2O3/c1-26-14-15-27-19-10-8-18(9-11-19)23-20(25)24-21(12-2-3-13-21)16-4-6-17(22)7-5-16/h4-11H,2-3,12-15H2,1H3,(H2,23,24,25). The van der Waals surface area contributed by atoms with Gasteiger partial charge >= 0.3 is 6.03 Å². The Balaban J connectivity index is 1.62. The lowest BCUT2D eigenvalue weighted by Gasteiger charge is -2.31. The number of benzene rings is 2. The number of ether oxygens (including phenoxy) is 2. The van der Waals surface area contributed by atoms with E-state index in [4.69, 9.17) is 9.47 Å². The molecule has 5 nitrogen and oxygen atoms in total. The molecule has 27 heavy (non-hydrogen) atoms. The summed E-state index contributed by atoms with van der Waals surface area (Å²) in [6.45, 7) is 0.998. The van der Waals surface area contributed by atoms with E-state index in [9.17, 15) is 9.18 Å². The van der Waals surface area contributed by atoms with Crippen molar-refractivity contribution < 1.29 is 18.7 Å². The van der Waals surface area contributed by atoms with E-state index >= 15 is 0 Å². The highest BCUT2D eigenvalue weighted by Gasteiger charge is 2.37. The molecule has 3 rings (SSSR count). The number of halogens is 1. The number of nitrogens with one attached hydrogen (secondary N) is 2. The van der Waals surface area contributed by atoms with Crippen molar-refractivity contribution in [2.24, 2.45) is 0 Å². The van der Waals surface area contributed by atoms with Crippen LogP contribution in [-0.4, -0.2) is 26.4 Å². The van der Waals surface area contributed by atoms with Crippen LogP contribution in [0.5, 0.6) is 5.75 Å². The van der Waals surface area contributed by atoms with Crippen LogP contribution < -0.4 is 15.4 Å². The molecule has 2 aromatic rings. The second kappa shape index (κ2) is 8.86. The number of rotatable bonds is 7. The molecule has 1 aliphatic carbocycles. The number of anilines is 1. The summed E-state index contributed by atoms with van der Waals surface area (Å²) in [6, 6.07) is 13.3. The molecular weight excluding hydrogens is 347 g/mol. The van der Waals surface area contributed by atoms with Gasteiger partial charge in [-0.05, 0) is 54.8 Å². The van der Waals surface area contributed by atoms with Crippen molar-refractivity contribution >= 4 is 11.7 Å². The number of carbonyl (C=O) groups excluding carboxylic acids is 1. The van der Waals surface area contributed by atoms with Gasteiger partial charge in [0, 0.05) is 12.8 Å². The zero-order chi connectivity index (χ0) is 19.1. The van der Waals surface area contributed by atoms with Crippen LogP contribution in [0.1, 0.15) is 31.2 Å². The van der Waals surface area contributed by atoms with Gasteiger partial charge in [-0.15, -0.1) is 0 Å². The fraction of sp³-hybridized carbons (Fsp3) is 0.381. The predicted molar refractivity (Wildman–Crippen MR) is 103 cm³/mol. The van der Waals surface area contributed by atoms with Crippen LogP contribution in [-0.2, 0) is 10.3 Å². The van der Waals surface area contributed by atoms with Crippen molar-refractivity contribution in [2.75, 3.05) is 25.6 Å². The molecule has 6 heteroatoms. The maximum Gasteiger partial charge on any atom is 0.319 e. The smallest absolute Gasteiger partial charge is 0.319 e. The zero-order valence-electron chi connectivity index (χ0n) is 15.5. The molecule has 0 heterocycles. The number of hydrogen-bond donors (Lipinski definition) is 2. The maximum atomic E-state index is 13.3. The minimum atomic E-state index is -0.443. The van der Waals surface area contributed by atoms with Gasteiger partial charge in [0.1, 0.15) is 18.2 Å². The van der Waals surface area contributed by atoms with E-state index in [2.05, 4.69) is 10.6 Å². The zero-order valence-corrected chi connectivity index (χ0v) is 15.5. The molecule has 0 unspecified atom stereocenters. The molecule has 0 atom stereocenters. The Morgan fingerprint density at radius 3 is 2.33 bits per heavy atom. The normalized spacial score (nSPS) is 15.3. The quantitative estimate of drug-likeness (QED) is 0.707. The Bertz CT molecular complexity index is 741. The van der Waals surface area contributed by atoms with E-state index in [-0.39, 0.29) is 11.8 Å². The number of urea groups is 1. The Kier molecular flexibility index (Phi) is 6.29. The predicted octanol–water partition coefficient (Wildman–Crippen LogP) is 4.44. The summed E-state index contributed by atoms with van der Waals surface area (Å²) in [6.07, 6.45) is 3.76. The number of hydrogen-bond acceptors (Lipinski definition) is 3. The lowest BCUT2D eigenvalue weighted by atomic mass is 9.88. The molecule has 0 radical (unpaired) electrons. The Labute approximate surface area is 158 Å². The van der Waals surface area contributed by atoms with Gasteiger partial charge in [0.15, 0.2) is 0 Å². The maximum absolute atomic E-state index is 13.3. The van der Waals surface area contributed by atoms with E-state index in [0.717, 1.165) is 37.0 Å². The first-order chi connectivity index (χ1) is 13.1. The van der Waals surface area contributed by atoms with Gasteiger partial charge in [-0.3, -0.25) is 0 Å². The molecule has 0 saturated heterocycles. The van der Waals surface area contributed by atoms with Crippen LogP contribution in [0.4, 0.5) is 14.9 Å². The van der Waals surface area contributed by atoms with Crippen molar-refractivity contribution in [1.82, 2.24) is 5.32 Å². The van der Waals surface area contributed by atoms with Gasteiger partial charge in [0.05, 0.1) is 12.1 Å². The first-order valence-corrected chi connectivity index (χ1v) is 9.18. The molecule has 0 bridgehead atoms. The van der Waals surface area contributed by atoms with Crippen LogP contribution in [0.25, 0.3) is 0 Å². The van der Waals surface area contributed by atoms with E-state index in [1.54, 1.807) is 43.5 Å². The topological polar surface area (TPSA) is 59.6 Å². The largest absolute Gasteiger partial charge is 0.491 e. The molecule has 2 amide bonds. The highest BCUT2D eigenvalue weighted by Crippen LogP contribution is 2.38. The van der Waals surface area contributed by atoms with Gasteiger partial charge in [-0.25, -0.2) is 9.18 Å². The van der Waals surface area contributed by atoms with Crippen molar-refractivity contribution in [3.8, 4) is 5.75 Å². The molecular formula is C21H25FN2O3. The van der Waals surface area contributed by atoms with Gasteiger partial charge < -0.3 is 20.1 Å². The molecule has 2 N–H and O–H groups in total. The summed E-state index contributed by atoms with van der Waals surface area (Å²) in [4.78, 5) is 12.6. The molecule has 1 aliphatic rings. The van der Waals surface area contributed by atoms with Gasteiger partial charge in [-0.1, -0.05) is 25.0 Å². The highest BCUT2D eigenvalue weighted by atomic mass is 19.1. The fourth-order valence-electron chi connectivity index (χ4n) is 3.49. The first-order valence-electron chi connectivity index (χ1n) is 9.18. The Morgan fingerprint density at radius 1 is 1.04 bits per heavy atom. The lowest BCUT2D eigenvalue weighted by Crippen LogP contribution is -2.45. The monoisotopic (exact) mass is 372 g/mol. The third-order valence-electron chi connectivity index (χ3n) is 4.88. The summed E-state index contributed by atoms with van der Waals surface area (Å²) in [5.74, 6) is 0.445. The van der Waals surface area contributed by atoms with Crippen LogP contribution in [0, 0.1) is 5.82 Å². The third kappa shape index (κ3) is 4.98. The number of methoxy groups -OCH3 is 1. The SMILES string of the molecule is COCCOc1ccc(NC(=O)NC2(c3ccc(F)cc3)CCCC2)cc1. The van der Waals surface area contributed by atoms with Crippen LogP contribution in [0.2, 0.25) is 0 Å². The molecule has 0 aliphatic heterocycles. The average molecular weight is 372 g/mol. The summed E-state index contributed by atoms with van der Waals surface area (Å²) in [7, 11) is 1.62. The van der Waals surface area contributed by atoms with Crippen LogP contribution in [0.3, 0.4) is 0 Å². The molecule has 0 aromatic heterocycles. The van der Waals surface area contributed by atoms with Crippen LogP contribution in [0.15, 0.2) is 48.5 Å². The molecule has 2 aromatic carbocycles. The van der Waals surface area contributed by atoms with E-state index in [1.165, 1.54) is 12.1 Å². The molecule has 1 saturated carbocycles. The highest BCUT2D eigenvalue weighted by molar-refractivity contribution is 5.90. The summed E-state index contributed by atoms with van der Waals surface area (Å²) in [5, 5.41) is 5.98. The van der Waals surface area contributed by atoms with E-state index in [0.29, 0.717) is 18.9 Å². The second-order valence-corrected chi connectivity index (χ2v) is 6.74. The minimum absolute atomic E-state index is 0.269. The fourth-order valence-corrected chi connectivity index (χ4v) is 3.49. The van der Waals surface area contributed by atoms with Crippen molar-refractivity contribution in [2.45, 2.75) is 31.2 Å². The summed E-state index contributed by atoms with van der Waals surface area (Å²) < 4.78 is 23.7. The summed E-state index contributed by atoms with van der Waals surface area (Å²) in [5.41, 5.74) is 1.18. The number of amides is 2. The lowest BCUT2D eigenvalue weighted by molar-refractivity contribution is 0.146. The van der Waals surface area contributed by atoms with E-state index < -0.39 is 5.54 Å². The van der Waals surface area contributed by atoms with Crippen molar-refractivity contribution in [1.29, 1.82) is 0 Å². The van der Waals surface area contributed by atoms with Crippen LogP contribution >= 0.6 is 0 Å². The van der Waals surface area contributed by atoms with E-state index in [1.807, 2.05) is 0 Å². The molecule has 0 spiro atoms. The Hall–Kier alpha value is -2.60. The van der Waals surface area contributed by atoms with Gasteiger partial charge in [0.2, 0.25) is 0 Å².